The van der Waals surface area contributed by atoms with Gasteiger partial charge in [-0.15, -0.1) is 0 Å². The van der Waals surface area contributed by atoms with Crippen LogP contribution in [0.5, 0.6) is 5.75 Å². The van der Waals surface area contributed by atoms with Crippen LogP contribution in [0.3, 0.4) is 0 Å². The summed E-state index contributed by atoms with van der Waals surface area (Å²) in [7, 11) is 0. The summed E-state index contributed by atoms with van der Waals surface area (Å²) in [5, 5.41) is 1.23. The second-order valence-corrected chi connectivity index (χ2v) is 8.96. The van der Waals surface area contributed by atoms with E-state index in [2.05, 4.69) is 4.90 Å². The molecule has 4 aromatic rings. The molecule has 8 nitrogen and oxygen atoms in total. The Bertz CT molecular complexity index is 1380. The number of hydrogen-bond donors (Lipinski definition) is 0. The Balaban J connectivity index is 1.51. The minimum absolute atomic E-state index is 0.00469. The van der Waals surface area contributed by atoms with Crippen LogP contribution in [-0.4, -0.2) is 61.8 Å². The second kappa shape index (κ2) is 9.92. The average Bonchev–Trinajstić information content (AvgIpc) is 3.27. The maximum absolute atomic E-state index is 13.7. The molecule has 0 spiro atoms. The zero-order chi connectivity index (χ0) is 23.5. The number of rotatable bonds is 7. The fourth-order valence-electron chi connectivity index (χ4n) is 3.97. The second-order valence-electron chi connectivity index (χ2n) is 7.96. The van der Waals surface area contributed by atoms with Crippen molar-refractivity contribution in [3.05, 3.63) is 64.5 Å². The molecule has 1 saturated heterocycles. The molecule has 0 N–H and O–H groups in total. The van der Waals surface area contributed by atoms with Gasteiger partial charge in [-0.3, -0.25) is 14.6 Å². The molecule has 9 heteroatoms. The number of ether oxygens (including phenoxy) is 2. The number of nitrogens with zero attached hydrogens (tertiary/aromatic N) is 3. The Hall–Kier alpha value is -3.27. The van der Waals surface area contributed by atoms with Gasteiger partial charge in [0.15, 0.2) is 5.13 Å². The number of fused-ring (bicyclic) bond motifs is 2. The molecule has 1 aliphatic rings. The molecule has 0 atom stereocenters. The summed E-state index contributed by atoms with van der Waals surface area (Å²) in [5.41, 5.74) is 0.570. The van der Waals surface area contributed by atoms with Crippen molar-refractivity contribution in [3.63, 3.8) is 0 Å². The Labute approximate surface area is 200 Å². The fraction of sp³-hybridized carbons (Fsp3) is 0.320. The summed E-state index contributed by atoms with van der Waals surface area (Å²) in [5.74, 6) is 0.336. The summed E-state index contributed by atoms with van der Waals surface area (Å²) in [6.45, 7) is 6.49. The summed E-state index contributed by atoms with van der Waals surface area (Å²) in [4.78, 5) is 35.0. The summed E-state index contributed by atoms with van der Waals surface area (Å²) in [6.07, 6.45) is 0. The Morgan fingerprint density at radius 2 is 2.00 bits per heavy atom. The molecule has 1 fully saturated rings. The molecule has 176 valence electrons. The predicted octanol–water partition coefficient (Wildman–Crippen LogP) is 3.78. The van der Waals surface area contributed by atoms with E-state index in [0.29, 0.717) is 49.0 Å². The zero-order valence-electron chi connectivity index (χ0n) is 18.9. The molecular formula is C25H25N3O5S. The van der Waals surface area contributed by atoms with Gasteiger partial charge in [-0.25, -0.2) is 9.78 Å². The van der Waals surface area contributed by atoms with Crippen molar-refractivity contribution in [2.45, 2.75) is 6.92 Å². The van der Waals surface area contributed by atoms with Gasteiger partial charge in [0.2, 0.25) is 0 Å². The van der Waals surface area contributed by atoms with Gasteiger partial charge >= 0.3 is 5.63 Å². The molecule has 3 heterocycles. The standard InChI is InChI=1S/C25H25N3O5S/c1-2-32-18-7-8-20-22(16-18)34-25(26-20)28(10-9-27-11-13-31-14-12-27)23(29)19-15-17-5-3-4-6-21(17)33-24(19)30/h3-8,15-16H,2,9-14H2,1H3. The third kappa shape index (κ3) is 4.68. The first-order valence-electron chi connectivity index (χ1n) is 11.3. The van der Waals surface area contributed by atoms with Gasteiger partial charge in [-0.05, 0) is 37.3 Å². The molecule has 34 heavy (non-hydrogen) atoms. The van der Waals surface area contributed by atoms with Gasteiger partial charge in [0.25, 0.3) is 5.91 Å². The van der Waals surface area contributed by atoms with Crippen LogP contribution >= 0.6 is 11.3 Å². The minimum atomic E-state index is -0.653. The Morgan fingerprint density at radius 3 is 2.82 bits per heavy atom. The van der Waals surface area contributed by atoms with E-state index in [9.17, 15) is 9.59 Å². The number of amides is 1. The van der Waals surface area contributed by atoms with Crippen molar-refractivity contribution in [2.75, 3.05) is 50.9 Å². The van der Waals surface area contributed by atoms with Crippen LogP contribution in [0.2, 0.25) is 0 Å². The first-order chi connectivity index (χ1) is 16.6. The predicted molar refractivity (Wildman–Crippen MR) is 132 cm³/mol. The van der Waals surface area contributed by atoms with Crippen molar-refractivity contribution in [3.8, 4) is 5.75 Å². The van der Waals surface area contributed by atoms with Gasteiger partial charge < -0.3 is 13.9 Å². The third-order valence-electron chi connectivity index (χ3n) is 5.75. The highest BCUT2D eigenvalue weighted by Gasteiger charge is 2.26. The number of anilines is 1. The van der Waals surface area contributed by atoms with Crippen LogP contribution < -0.4 is 15.3 Å². The van der Waals surface area contributed by atoms with Crippen LogP contribution in [-0.2, 0) is 4.74 Å². The van der Waals surface area contributed by atoms with E-state index in [1.54, 1.807) is 23.1 Å². The lowest BCUT2D eigenvalue weighted by atomic mass is 10.1. The van der Waals surface area contributed by atoms with E-state index in [4.69, 9.17) is 18.9 Å². The maximum atomic E-state index is 13.7. The molecule has 1 amide bonds. The number of thiazole rings is 1. The van der Waals surface area contributed by atoms with Crippen LogP contribution in [0.4, 0.5) is 5.13 Å². The SMILES string of the molecule is CCOc1ccc2nc(N(CCN3CCOCC3)C(=O)c3cc4ccccc4oc3=O)sc2c1. The van der Waals surface area contributed by atoms with Crippen molar-refractivity contribution in [2.24, 2.45) is 0 Å². The Kier molecular flexibility index (Phi) is 6.57. The third-order valence-corrected chi connectivity index (χ3v) is 6.79. The summed E-state index contributed by atoms with van der Waals surface area (Å²) >= 11 is 1.40. The van der Waals surface area contributed by atoms with Crippen molar-refractivity contribution < 1.29 is 18.7 Å². The van der Waals surface area contributed by atoms with Gasteiger partial charge in [0.05, 0.1) is 30.0 Å². The van der Waals surface area contributed by atoms with E-state index in [1.165, 1.54) is 11.3 Å². The first kappa shape index (κ1) is 22.5. The first-order valence-corrected chi connectivity index (χ1v) is 12.1. The number of carbonyl (C=O) groups excluding carboxylic acids is 1. The topological polar surface area (TPSA) is 85.1 Å². The zero-order valence-corrected chi connectivity index (χ0v) is 19.7. The van der Waals surface area contributed by atoms with Crippen LogP contribution in [0.25, 0.3) is 21.2 Å². The molecule has 0 radical (unpaired) electrons. The molecule has 0 unspecified atom stereocenters. The van der Waals surface area contributed by atoms with Crippen molar-refractivity contribution in [1.82, 2.24) is 9.88 Å². The number of hydrogen-bond acceptors (Lipinski definition) is 8. The molecule has 0 aliphatic carbocycles. The number of morpholine rings is 1. The van der Waals surface area contributed by atoms with Gasteiger partial charge in [0.1, 0.15) is 16.9 Å². The fourth-order valence-corrected chi connectivity index (χ4v) is 4.99. The lowest BCUT2D eigenvalue weighted by molar-refractivity contribution is 0.0391. The van der Waals surface area contributed by atoms with Gasteiger partial charge in [-0.1, -0.05) is 29.5 Å². The lowest BCUT2D eigenvalue weighted by Crippen LogP contribution is -2.44. The number of aromatic nitrogens is 1. The smallest absolute Gasteiger partial charge is 0.349 e. The van der Waals surface area contributed by atoms with E-state index >= 15 is 0 Å². The molecule has 0 saturated carbocycles. The molecule has 1 aliphatic heterocycles. The maximum Gasteiger partial charge on any atom is 0.349 e. The van der Waals surface area contributed by atoms with Crippen molar-refractivity contribution >= 4 is 43.6 Å². The normalized spacial score (nSPS) is 14.5. The lowest BCUT2D eigenvalue weighted by Gasteiger charge is -2.29. The summed E-state index contributed by atoms with van der Waals surface area (Å²) in [6, 6.07) is 14.4. The van der Waals surface area contributed by atoms with Gasteiger partial charge in [0, 0.05) is 31.6 Å². The highest BCUT2D eigenvalue weighted by molar-refractivity contribution is 7.22. The van der Waals surface area contributed by atoms with Crippen LogP contribution in [0, 0.1) is 0 Å². The molecule has 2 aromatic carbocycles. The van der Waals surface area contributed by atoms with E-state index in [-0.39, 0.29) is 5.56 Å². The quantitative estimate of drug-likeness (QED) is 0.373. The number of benzene rings is 2. The van der Waals surface area contributed by atoms with Crippen LogP contribution in [0.1, 0.15) is 17.3 Å². The van der Waals surface area contributed by atoms with E-state index in [1.807, 2.05) is 37.3 Å². The number of para-hydroxylation sites is 1. The molecule has 5 rings (SSSR count). The van der Waals surface area contributed by atoms with E-state index in [0.717, 1.165) is 29.1 Å². The van der Waals surface area contributed by atoms with E-state index < -0.39 is 11.5 Å². The average molecular weight is 480 g/mol. The molecular weight excluding hydrogens is 454 g/mol. The molecule has 2 aromatic heterocycles. The number of carbonyl (C=O) groups is 1. The Morgan fingerprint density at radius 1 is 1.18 bits per heavy atom. The molecule has 0 bridgehead atoms. The summed E-state index contributed by atoms with van der Waals surface area (Å²) < 4.78 is 17.4. The highest BCUT2D eigenvalue weighted by Crippen LogP contribution is 2.32. The highest BCUT2D eigenvalue weighted by atomic mass is 32.1. The van der Waals surface area contributed by atoms with Crippen LogP contribution in [0.15, 0.2) is 57.7 Å². The van der Waals surface area contributed by atoms with Gasteiger partial charge in [-0.2, -0.15) is 0 Å². The minimum Gasteiger partial charge on any atom is -0.494 e. The largest absolute Gasteiger partial charge is 0.494 e. The van der Waals surface area contributed by atoms with Crippen molar-refractivity contribution in [1.29, 1.82) is 0 Å². The monoisotopic (exact) mass is 479 g/mol.